The van der Waals surface area contributed by atoms with Gasteiger partial charge in [0.25, 0.3) is 0 Å². The van der Waals surface area contributed by atoms with E-state index in [1.165, 1.54) is 12.0 Å². The van der Waals surface area contributed by atoms with Crippen molar-refractivity contribution in [3.05, 3.63) is 29.3 Å². The standard InChI is InChI=1S/C14H21IO/c1-9(2)13(8-11(4)15)12-5-6-14(16)10(3)7-12/h5-7,9,11,13,16H,8H2,1-4H3. The Bertz CT molecular complexity index is 345. The van der Waals surface area contributed by atoms with E-state index in [0.29, 0.717) is 21.5 Å². The van der Waals surface area contributed by atoms with Gasteiger partial charge in [-0.3, -0.25) is 0 Å². The Morgan fingerprint density at radius 1 is 1.25 bits per heavy atom. The van der Waals surface area contributed by atoms with Crippen LogP contribution >= 0.6 is 22.6 Å². The lowest BCUT2D eigenvalue weighted by Crippen LogP contribution is -2.11. The molecule has 1 nitrogen and oxygen atoms in total. The van der Waals surface area contributed by atoms with E-state index in [1.807, 2.05) is 13.0 Å². The maximum Gasteiger partial charge on any atom is 0.118 e. The maximum absolute atomic E-state index is 9.54. The van der Waals surface area contributed by atoms with Gasteiger partial charge in [0.2, 0.25) is 0 Å². The van der Waals surface area contributed by atoms with E-state index in [2.05, 4.69) is 55.5 Å². The van der Waals surface area contributed by atoms with Crippen molar-refractivity contribution in [3.8, 4) is 5.75 Å². The zero-order chi connectivity index (χ0) is 12.3. The average molecular weight is 332 g/mol. The van der Waals surface area contributed by atoms with E-state index in [4.69, 9.17) is 0 Å². The Labute approximate surface area is 112 Å². The number of alkyl halides is 1. The van der Waals surface area contributed by atoms with Crippen LogP contribution in [0.4, 0.5) is 0 Å². The highest BCUT2D eigenvalue weighted by atomic mass is 127. The molecule has 1 aromatic rings. The molecule has 0 saturated carbocycles. The zero-order valence-electron chi connectivity index (χ0n) is 10.5. The van der Waals surface area contributed by atoms with Gasteiger partial charge >= 0.3 is 0 Å². The van der Waals surface area contributed by atoms with Crippen molar-refractivity contribution in [2.45, 2.75) is 44.0 Å². The summed E-state index contributed by atoms with van der Waals surface area (Å²) in [5.41, 5.74) is 2.33. The molecule has 1 rings (SSSR count). The monoisotopic (exact) mass is 332 g/mol. The van der Waals surface area contributed by atoms with Crippen LogP contribution < -0.4 is 0 Å². The molecule has 16 heavy (non-hydrogen) atoms. The summed E-state index contributed by atoms with van der Waals surface area (Å²) in [6.45, 7) is 8.75. The summed E-state index contributed by atoms with van der Waals surface area (Å²) in [6, 6.07) is 6.00. The number of halogens is 1. The van der Waals surface area contributed by atoms with E-state index in [0.717, 1.165) is 5.56 Å². The minimum Gasteiger partial charge on any atom is -0.508 e. The zero-order valence-corrected chi connectivity index (χ0v) is 12.7. The number of phenols is 1. The summed E-state index contributed by atoms with van der Waals surface area (Å²) in [5.74, 6) is 1.63. The highest BCUT2D eigenvalue weighted by Crippen LogP contribution is 2.33. The fraction of sp³-hybridized carbons (Fsp3) is 0.571. The van der Waals surface area contributed by atoms with Crippen LogP contribution in [0, 0.1) is 12.8 Å². The van der Waals surface area contributed by atoms with E-state index in [9.17, 15) is 5.11 Å². The molecule has 0 spiro atoms. The first-order valence-electron chi connectivity index (χ1n) is 5.85. The lowest BCUT2D eigenvalue weighted by Gasteiger charge is -2.23. The van der Waals surface area contributed by atoms with Crippen LogP contribution in [-0.4, -0.2) is 9.03 Å². The predicted octanol–water partition coefficient (Wildman–Crippen LogP) is 4.65. The van der Waals surface area contributed by atoms with Crippen LogP contribution in [0.25, 0.3) is 0 Å². The van der Waals surface area contributed by atoms with Crippen LogP contribution in [0.2, 0.25) is 0 Å². The third-order valence-electron chi connectivity index (χ3n) is 3.03. The molecule has 2 atom stereocenters. The summed E-state index contributed by atoms with van der Waals surface area (Å²) in [6.07, 6.45) is 1.20. The second-order valence-corrected chi connectivity index (χ2v) is 7.04. The summed E-state index contributed by atoms with van der Waals surface area (Å²) in [4.78, 5) is 0. The lowest BCUT2D eigenvalue weighted by atomic mass is 9.84. The van der Waals surface area contributed by atoms with Crippen LogP contribution in [0.15, 0.2) is 18.2 Å². The molecular formula is C14H21IO. The third kappa shape index (κ3) is 3.65. The van der Waals surface area contributed by atoms with Gasteiger partial charge in [-0.2, -0.15) is 0 Å². The molecule has 0 aromatic heterocycles. The van der Waals surface area contributed by atoms with Crippen molar-refractivity contribution < 1.29 is 5.11 Å². The first-order chi connectivity index (χ1) is 7.41. The van der Waals surface area contributed by atoms with Crippen molar-refractivity contribution in [2.75, 3.05) is 0 Å². The van der Waals surface area contributed by atoms with Crippen LogP contribution in [-0.2, 0) is 0 Å². The smallest absolute Gasteiger partial charge is 0.118 e. The number of hydrogen-bond acceptors (Lipinski definition) is 1. The minimum absolute atomic E-state index is 0.397. The van der Waals surface area contributed by atoms with Gasteiger partial charge in [0.1, 0.15) is 5.75 Å². The SMILES string of the molecule is Cc1cc(C(CC(C)I)C(C)C)ccc1O. The first kappa shape index (κ1) is 13.8. The molecule has 0 amide bonds. The Hall–Kier alpha value is -0.250. The number of benzene rings is 1. The van der Waals surface area contributed by atoms with Crippen LogP contribution in [0.3, 0.4) is 0 Å². The fourth-order valence-electron chi connectivity index (χ4n) is 2.05. The molecular weight excluding hydrogens is 311 g/mol. The summed E-state index contributed by atoms with van der Waals surface area (Å²) in [5, 5.41) is 9.54. The molecule has 1 aromatic carbocycles. The molecule has 0 fully saturated rings. The van der Waals surface area contributed by atoms with Crippen LogP contribution in [0.1, 0.15) is 44.2 Å². The Morgan fingerprint density at radius 3 is 2.31 bits per heavy atom. The summed E-state index contributed by atoms with van der Waals surface area (Å²) >= 11 is 2.48. The van der Waals surface area contributed by atoms with Crippen molar-refractivity contribution in [2.24, 2.45) is 5.92 Å². The highest BCUT2D eigenvalue weighted by molar-refractivity contribution is 14.1. The second kappa shape index (κ2) is 5.89. The van der Waals surface area contributed by atoms with Gasteiger partial charge < -0.3 is 5.11 Å². The van der Waals surface area contributed by atoms with Crippen molar-refractivity contribution in [1.29, 1.82) is 0 Å². The number of hydrogen-bond donors (Lipinski definition) is 1. The molecule has 0 bridgehead atoms. The van der Waals surface area contributed by atoms with E-state index >= 15 is 0 Å². The van der Waals surface area contributed by atoms with E-state index in [1.54, 1.807) is 0 Å². The normalized spacial score (nSPS) is 15.1. The number of aryl methyl sites for hydroxylation is 1. The third-order valence-corrected chi connectivity index (χ3v) is 3.54. The summed E-state index contributed by atoms with van der Waals surface area (Å²) in [7, 11) is 0. The molecule has 0 radical (unpaired) electrons. The molecule has 1 N–H and O–H groups in total. The Balaban J connectivity index is 2.97. The van der Waals surface area contributed by atoms with Gasteiger partial charge in [-0.05, 0) is 42.4 Å². The van der Waals surface area contributed by atoms with Gasteiger partial charge in [-0.1, -0.05) is 55.5 Å². The molecule has 2 heteroatoms. The molecule has 0 aliphatic carbocycles. The van der Waals surface area contributed by atoms with Crippen molar-refractivity contribution in [3.63, 3.8) is 0 Å². The second-order valence-electron chi connectivity index (χ2n) is 4.91. The predicted molar refractivity (Wildman–Crippen MR) is 78.5 cm³/mol. The number of rotatable bonds is 4. The van der Waals surface area contributed by atoms with E-state index < -0.39 is 0 Å². The van der Waals surface area contributed by atoms with E-state index in [-0.39, 0.29) is 0 Å². The maximum atomic E-state index is 9.54. The molecule has 0 aliphatic rings. The van der Waals surface area contributed by atoms with Crippen LogP contribution in [0.5, 0.6) is 5.75 Å². The van der Waals surface area contributed by atoms with Gasteiger partial charge in [-0.15, -0.1) is 0 Å². The molecule has 2 unspecified atom stereocenters. The van der Waals surface area contributed by atoms with Gasteiger partial charge in [-0.25, -0.2) is 0 Å². The van der Waals surface area contributed by atoms with Crippen molar-refractivity contribution >= 4 is 22.6 Å². The first-order valence-corrected chi connectivity index (χ1v) is 7.10. The number of aromatic hydroxyl groups is 1. The lowest BCUT2D eigenvalue weighted by molar-refractivity contribution is 0.461. The molecule has 0 saturated heterocycles. The minimum atomic E-state index is 0.397. The summed E-state index contributed by atoms with van der Waals surface area (Å²) < 4.78 is 0.680. The molecule has 0 heterocycles. The highest BCUT2D eigenvalue weighted by Gasteiger charge is 2.18. The quantitative estimate of drug-likeness (QED) is 0.628. The van der Waals surface area contributed by atoms with Gasteiger partial charge in [0.15, 0.2) is 0 Å². The number of phenolic OH excluding ortho intramolecular Hbond substituents is 1. The fourth-order valence-corrected chi connectivity index (χ4v) is 2.60. The Kier molecular flexibility index (Phi) is 5.09. The molecule has 0 aliphatic heterocycles. The Morgan fingerprint density at radius 2 is 1.88 bits per heavy atom. The largest absolute Gasteiger partial charge is 0.508 e. The molecule has 90 valence electrons. The average Bonchev–Trinajstić information content (AvgIpc) is 2.18. The van der Waals surface area contributed by atoms with Gasteiger partial charge in [0, 0.05) is 3.92 Å². The topological polar surface area (TPSA) is 20.2 Å². The van der Waals surface area contributed by atoms with Crippen molar-refractivity contribution in [1.82, 2.24) is 0 Å². The van der Waals surface area contributed by atoms with Gasteiger partial charge in [0.05, 0.1) is 0 Å².